The van der Waals surface area contributed by atoms with Gasteiger partial charge >= 0.3 is 0 Å². The molecule has 2 fully saturated rings. The van der Waals surface area contributed by atoms with Gasteiger partial charge in [-0.2, -0.15) is 10.2 Å². The first-order chi connectivity index (χ1) is 14.2. The first-order valence-electron chi connectivity index (χ1n) is 9.85. The first kappa shape index (κ1) is 19.7. The topological polar surface area (TPSA) is 81.4 Å². The van der Waals surface area contributed by atoms with Crippen molar-refractivity contribution in [3.63, 3.8) is 0 Å². The Morgan fingerprint density at radius 1 is 1.24 bits per heavy atom. The third-order valence-corrected chi connectivity index (χ3v) is 5.75. The zero-order valence-corrected chi connectivity index (χ0v) is 17.2. The van der Waals surface area contributed by atoms with Crippen LogP contribution in [0.25, 0.3) is 0 Å². The Kier molecular flexibility index (Phi) is 5.97. The predicted octanol–water partition coefficient (Wildman–Crippen LogP) is 2.34. The SMILES string of the molecule is CN(c1nccc(N2CCOCC2)n1)C1CCCN(c2ncc(C#N)cc2Cl)C1. The van der Waals surface area contributed by atoms with E-state index in [1.807, 2.05) is 19.3 Å². The number of hydrogen-bond donors (Lipinski definition) is 0. The van der Waals surface area contributed by atoms with Crippen LogP contribution in [-0.2, 0) is 4.74 Å². The van der Waals surface area contributed by atoms with Crippen molar-refractivity contribution in [2.45, 2.75) is 18.9 Å². The second-order valence-corrected chi connectivity index (χ2v) is 7.72. The van der Waals surface area contributed by atoms with Gasteiger partial charge in [0.05, 0.1) is 23.8 Å². The van der Waals surface area contributed by atoms with E-state index in [1.165, 1.54) is 0 Å². The molecule has 0 bridgehead atoms. The number of morpholine rings is 1. The van der Waals surface area contributed by atoms with E-state index in [2.05, 4.69) is 30.7 Å². The van der Waals surface area contributed by atoms with Crippen LogP contribution in [0.4, 0.5) is 17.6 Å². The molecular formula is C20H24ClN7O. The number of halogens is 1. The lowest BCUT2D eigenvalue weighted by molar-refractivity contribution is 0.122. The number of hydrogen-bond acceptors (Lipinski definition) is 8. The van der Waals surface area contributed by atoms with Gasteiger partial charge in [-0.1, -0.05) is 11.6 Å². The zero-order chi connectivity index (χ0) is 20.2. The van der Waals surface area contributed by atoms with Gasteiger partial charge in [-0.25, -0.2) is 9.97 Å². The molecule has 4 heterocycles. The van der Waals surface area contributed by atoms with Crippen LogP contribution in [0, 0.1) is 11.3 Å². The molecule has 8 nitrogen and oxygen atoms in total. The lowest BCUT2D eigenvalue weighted by atomic mass is 10.0. The molecule has 0 N–H and O–H groups in total. The van der Waals surface area contributed by atoms with Crippen LogP contribution in [0.5, 0.6) is 0 Å². The Hall–Kier alpha value is -2.63. The summed E-state index contributed by atoms with van der Waals surface area (Å²) in [6, 6.07) is 5.95. The number of nitriles is 1. The fourth-order valence-electron chi connectivity index (χ4n) is 3.83. The Bertz CT molecular complexity index is 897. The molecule has 0 amide bonds. The number of ether oxygens (including phenoxy) is 1. The molecule has 2 aliphatic heterocycles. The number of nitrogens with zero attached hydrogens (tertiary/aromatic N) is 7. The highest BCUT2D eigenvalue weighted by Crippen LogP contribution is 2.28. The smallest absolute Gasteiger partial charge is 0.227 e. The van der Waals surface area contributed by atoms with Crippen molar-refractivity contribution in [1.82, 2.24) is 15.0 Å². The van der Waals surface area contributed by atoms with Crippen molar-refractivity contribution in [3.8, 4) is 6.07 Å². The molecule has 9 heteroatoms. The Morgan fingerprint density at radius 3 is 2.83 bits per heavy atom. The second kappa shape index (κ2) is 8.80. The van der Waals surface area contributed by atoms with Crippen molar-refractivity contribution >= 4 is 29.2 Å². The molecule has 0 aromatic carbocycles. The van der Waals surface area contributed by atoms with Gasteiger partial charge in [0.15, 0.2) is 0 Å². The van der Waals surface area contributed by atoms with Crippen LogP contribution in [0.3, 0.4) is 0 Å². The van der Waals surface area contributed by atoms with Crippen molar-refractivity contribution in [2.75, 3.05) is 61.1 Å². The summed E-state index contributed by atoms with van der Waals surface area (Å²) in [5, 5.41) is 9.54. The Balaban J connectivity index is 1.49. The molecule has 2 aliphatic rings. The van der Waals surface area contributed by atoms with Gasteiger partial charge in [0.1, 0.15) is 17.7 Å². The highest BCUT2D eigenvalue weighted by molar-refractivity contribution is 6.33. The average molecular weight is 414 g/mol. The van der Waals surface area contributed by atoms with Crippen molar-refractivity contribution in [3.05, 3.63) is 35.1 Å². The number of piperidine rings is 1. The number of aromatic nitrogens is 3. The molecule has 0 aliphatic carbocycles. The van der Waals surface area contributed by atoms with Crippen molar-refractivity contribution < 1.29 is 4.74 Å². The summed E-state index contributed by atoms with van der Waals surface area (Å²) in [5.41, 5.74) is 0.470. The number of anilines is 3. The summed E-state index contributed by atoms with van der Waals surface area (Å²) in [5.74, 6) is 2.39. The van der Waals surface area contributed by atoms with Crippen LogP contribution >= 0.6 is 11.6 Å². The van der Waals surface area contributed by atoms with E-state index in [0.29, 0.717) is 10.6 Å². The molecule has 2 aromatic heterocycles. The summed E-state index contributed by atoms with van der Waals surface area (Å²) in [7, 11) is 2.04. The number of likely N-dealkylation sites (N-methyl/N-ethyl adjacent to an activating group) is 1. The molecule has 0 saturated carbocycles. The van der Waals surface area contributed by atoms with Crippen LogP contribution < -0.4 is 14.7 Å². The van der Waals surface area contributed by atoms with E-state index in [9.17, 15) is 0 Å². The van der Waals surface area contributed by atoms with Gasteiger partial charge in [0.2, 0.25) is 5.95 Å². The summed E-state index contributed by atoms with van der Waals surface area (Å²) < 4.78 is 5.44. The molecule has 0 spiro atoms. The normalized spacial score (nSPS) is 19.7. The third-order valence-electron chi connectivity index (χ3n) is 5.47. The highest BCUT2D eigenvalue weighted by atomic mass is 35.5. The van der Waals surface area contributed by atoms with Gasteiger partial charge in [-0.05, 0) is 25.0 Å². The summed E-state index contributed by atoms with van der Waals surface area (Å²) in [6.45, 7) is 4.81. The standard InChI is InChI=1S/C20H24ClN7O/c1-26(20-23-5-4-18(25-20)27-7-9-29-10-8-27)16-3-2-6-28(14-16)19-17(21)11-15(12-22)13-24-19/h4-5,11,13,16H,2-3,6-10,14H2,1H3. The van der Waals surface area contributed by atoms with Crippen LogP contribution in [0.1, 0.15) is 18.4 Å². The molecule has 1 atom stereocenters. The van der Waals surface area contributed by atoms with Gasteiger partial charge in [0, 0.05) is 51.7 Å². The molecule has 152 valence electrons. The zero-order valence-electron chi connectivity index (χ0n) is 16.5. The first-order valence-corrected chi connectivity index (χ1v) is 10.2. The van der Waals surface area contributed by atoms with Gasteiger partial charge in [-0.3, -0.25) is 0 Å². The predicted molar refractivity (Wildman–Crippen MR) is 113 cm³/mol. The van der Waals surface area contributed by atoms with Gasteiger partial charge in [0.25, 0.3) is 0 Å². The highest BCUT2D eigenvalue weighted by Gasteiger charge is 2.27. The van der Waals surface area contributed by atoms with Gasteiger partial charge < -0.3 is 19.4 Å². The maximum atomic E-state index is 9.03. The van der Waals surface area contributed by atoms with Crippen molar-refractivity contribution in [2.24, 2.45) is 0 Å². The number of pyridine rings is 1. The summed E-state index contributed by atoms with van der Waals surface area (Å²) >= 11 is 6.38. The Labute approximate surface area is 175 Å². The summed E-state index contributed by atoms with van der Waals surface area (Å²) in [4.78, 5) is 20.3. The van der Waals surface area contributed by atoms with Crippen LogP contribution in [-0.4, -0.2) is 67.4 Å². The lowest BCUT2D eigenvalue weighted by Gasteiger charge is -2.38. The van der Waals surface area contributed by atoms with E-state index >= 15 is 0 Å². The lowest BCUT2D eigenvalue weighted by Crippen LogP contribution is -2.47. The van der Waals surface area contributed by atoms with E-state index in [1.54, 1.807) is 12.3 Å². The fourth-order valence-corrected chi connectivity index (χ4v) is 4.11. The third kappa shape index (κ3) is 4.36. The monoisotopic (exact) mass is 413 g/mol. The van der Waals surface area contributed by atoms with E-state index < -0.39 is 0 Å². The maximum absolute atomic E-state index is 9.03. The molecule has 0 radical (unpaired) electrons. The molecule has 4 rings (SSSR count). The maximum Gasteiger partial charge on any atom is 0.227 e. The minimum absolute atomic E-state index is 0.247. The second-order valence-electron chi connectivity index (χ2n) is 7.31. The van der Waals surface area contributed by atoms with E-state index in [4.69, 9.17) is 26.6 Å². The minimum atomic E-state index is 0.247. The fraction of sp³-hybridized carbons (Fsp3) is 0.500. The largest absolute Gasteiger partial charge is 0.378 e. The van der Waals surface area contributed by atoms with E-state index in [0.717, 1.165) is 69.8 Å². The quantitative estimate of drug-likeness (QED) is 0.755. The van der Waals surface area contributed by atoms with E-state index in [-0.39, 0.29) is 6.04 Å². The van der Waals surface area contributed by atoms with Crippen LogP contribution in [0.2, 0.25) is 5.02 Å². The summed E-state index contributed by atoms with van der Waals surface area (Å²) in [6.07, 6.45) is 5.47. The molecular weight excluding hydrogens is 390 g/mol. The number of rotatable bonds is 4. The average Bonchev–Trinajstić information content (AvgIpc) is 2.79. The molecule has 29 heavy (non-hydrogen) atoms. The molecule has 2 saturated heterocycles. The van der Waals surface area contributed by atoms with Crippen LogP contribution in [0.15, 0.2) is 24.5 Å². The molecule has 2 aromatic rings. The Morgan fingerprint density at radius 2 is 2.07 bits per heavy atom. The van der Waals surface area contributed by atoms with Gasteiger partial charge in [-0.15, -0.1) is 0 Å². The van der Waals surface area contributed by atoms with Crippen molar-refractivity contribution in [1.29, 1.82) is 5.26 Å². The molecule has 1 unspecified atom stereocenters. The minimum Gasteiger partial charge on any atom is -0.378 e.